The number of methoxy groups -OCH3 is 1. The van der Waals surface area contributed by atoms with Crippen molar-refractivity contribution >= 4 is 22.7 Å². The van der Waals surface area contributed by atoms with Crippen molar-refractivity contribution in [2.45, 2.75) is 12.5 Å². The number of nitrogens with zero attached hydrogens (tertiary/aromatic N) is 2. The number of piperazine rings is 1. The van der Waals surface area contributed by atoms with Crippen LogP contribution in [0.25, 0.3) is 10.9 Å². The van der Waals surface area contributed by atoms with Gasteiger partial charge in [0.05, 0.1) is 6.04 Å². The number of aromatic nitrogens is 1. The zero-order valence-corrected chi connectivity index (χ0v) is 14.4. The van der Waals surface area contributed by atoms with Crippen molar-refractivity contribution in [2.75, 3.05) is 39.9 Å². The van der Waals surface area contributed by atoms with Crippen LogP contribution < -0.4 is 5.73 Å². The monoisotopic (exact) mass is 344 g/mol. The summed E-state index contributed by atoms with van der Waals surface area (Å²) >= 11 is 0. The van der Waals surface area contributed by atoms with Gasteiger partial charge in [-0.1, -0.05) is 18.2 Å². The zero-order valence-electron chi connectivity index (χ0n) is 14.4. The van der Waals surface area contributed by atoms with E-state index in [1.54, 1.807) is 9.80 Å². The van der Waals surface area contributed by atoms with E-state index in [0.717, 1.165) is 16.5 Å². The van der Waals surface area contributed by atoms with Crippen molar-refractivity contribution in [3.63, 3.8) is 0 Å². The highest BCUT2D eigenvalue weighted by atomic mass is 16.5. The molecule has 2 heterocycles. The maximum Gasteiger partial charge on any atom is 0.248 e. The second kappa shape index (κ2) is 7.67. The topological polar surface area (TPSA) is 91.7 Å². The number of nitrogens with two attached hydrogens (primary N) is 1. The lowest BCUT2D eigenvalue weighted by atomic mass is 10.0. The average Bonchev–Trinajstić information content (AvgIpc) is 3.04. The van der Waals surface area contributed by atoms with E-state index in [1.807, 2.05) is 30.5 Å². The van der Waals surface area contributed by atoms with Crippen LogP contribution in [0.3, 0.4) is 0 Å². The van der Waals surface area contributed by atoms with Crippen LogP contribution in [0.4, 0.5) is 0 Å². The Bertz CT molecular complexity index is 750. The molecule has 0 bridgehead atoms. The Hall–Kier alpha value is -2.38. The summed E-state index contributed by atoms with van der Waals surface area (Å²) in [5.41, 5.74) is 8.26. The molecule has 0 saturated carbocycles. The fourth-order valence-corrected chi connectivity index (χ4v) is 3.25. The minimum Gasteiger partial charge on any atom is -0.375 e. The van der Waals surface area contributed by atoms with Crippen LogP contribution >= 0.6 is 0 Å². The highest BCUT2D eigenvalue weighted by molar-refractivity contribution is 5.86. The van der Waals surface area contributed by atoms with E-state index >= 15 is 0 Å². The number of hydrogen-bond donors (Lipinski definition) is 2. The van der Waals surface area contributed by atoms with Gasteiger partial charge in [-0.3, -0.25) is 9.59 Å². The number of carbonyl (C=O) groups is 2. The molecular weight excluding hydrogens is 320 g/mol. The van der Waals surface area contributed by atoms with Crippen molar-refractivity contribution in [3.05, 3.63) is 36.0 Å². The molecule has 134 valence electrons. The maximum absolute atomic E-state index is 12.6. The number of para-hydroxylation sites is 1. The Morgan fingerprint density at radius 2 is 1.88 bits per heavy atom. The first kappa shape index (κ1) is 17.4. The summed E-state index contributed by atoms with van der Waals surface area (Å²) in [5.74, 6) is -0.109. The molecule has 2 aromatic rings. The molecule has 0 aliphatic carbocycles. The molecule has 7 nitrogen and oxygen atoms in total. The van der Waals surface area contributed by atoms with Crippen molar-refractivity contribution in [3.8, 4) is 0 Å². The largest absolute Gasteiger partial charge is 0.375 e. The van der Waals surface area contributed by atoms with Gasteiger partial charge in [-0.05, 0) is 18.1 Å². The summed E-state index contributed by atoms with van der Waals surface area (Å²) in [4.78, 5) is 31.1. The molecule has 1 aromatic carbocycles. The number of H-pyrrole nitrogens is 1. The summed E-state index contributed by atoms with van der Waals surface area (Å²) < 4.78 is 4.87. The van der Waals surface area contributed by atoms with E-state index in [9.17, 15) is 9.59 Å². The van der Waals surface area contributed by atoms with Gasteiger partial charge in [-0.15, -0.1) is 0 Å². The molecule has 1 saturated heterocycles. The van der Waals surface area contributed by atoms with Crippen LogP contribution in [0, 0.1) is 0 Å². The summed E-state index contributed by atoms with van der Waals surface area (Å²) in [6, 6.07) is 7.39. The lowest BCUT2D eigenvalue weighted by Gasteiger charge is -2.35. The lowest BCUT2D eigenvalue weighted by Crippen LogP contribution is -2.55. The van der Waals surface area contributed by atoms with Gasteiger partial charge in [0.2, 0.25) is 11.8 Å². The molecular formula is C18H24N4O3. The number of hydrogen-bond acceptors (Lipinski definition) is 4. The first-order valence-electron chi connectivity index (χ1n) is 8.46. The van der Waals surface area contributed by atoms with Crippen molar-refractivity contribution in [2.24, 2.45) is 5.73 Å². The average molecular weight is 344 g/mol. The SMILES string of the molecule is COCC(=O)N1CCN(C(=O)[C@@H](N)Cc2c[nH]c3ccccc23)CC1. The smallest absolute Gasteiger partial charge is 0.248 e. The molecule has 0 unspecified atom stereocenters. The van der Waals surface area contributed by atoms with Crippen molar-refractivity contribution in [1.82, 2.24) is 14.8 Å². The molecule has 0 radical (unpaired) electrons. The van der Waals surface area contributed by atoms with Crippen molar-refractivity contribution in [1.29, 1.82) is 0 Å². The fourth-order valence-electron chi connectivity index (χ4n) is 3.25. The Morgan fingerprint density at radius 1 is 1.20 bits per heavy atom. The van der Waals surface area contributed by atoms with Gasteiger partial charge in [-0.25, -0.2) is 0 Å². The van der Waals surface area contributed by atoms with Gasteiger partial charge < -0.3 is 25.3 Å². The highest BCUT2D eigenvalue weighted by Crippen LogP contribution is 2.19. The molecule has 1 aromatic heterocycles. The number of rotatable bonds is 5. The van der Waals surface area contributed by atoms with E-state index in [4.69, 9.17) is 10.5 Å². The predicted octanol–water partition coefficient (Wildman–Crippen LogP) is 0.355. The summed E-state index contributed by atoms with van der Waals surface area (Å²) in [6.07, 6.45) is 2.41. The number of nitrogens with one attached hydrogen (secondary N) is 1. The van der Waals surface area contributed by atoms with Gasteiger partial charge in [0.25, 0.3) is 0 Å². The fraction of sp³-hybridized carbons (Fsp3) is 0.444. The first-order chi connectivity index (χ1) is 12.1. The lowest BCUT2D eigenvalue weighted by molar-refractivity contribution is -0.142. The maximum atomic E-state index is 12.6. The van der Waals surface area contributed by atoms with E-state index in [0.29, 0.717) is 32.6 Å². The van der Waals surface area contributed by atoms with Gasteiger partial charge in [0.1, 0.15) is 6.61 Å². The molecule has 1 atom stereocenters. The van der Waals surface area contributed by atoms with E-state index < -0.39 is 6.04 Å². The standard InChI is InChI=1S/C18H24N4O3/c1-25-12-17(23)21-6-8-22(9-7-21)18(24)15(19)10-13-11-20-16-5-3-2-4-14(13)16/h2-5,11,15,20H,6-10,12,19H2,1H3/t15-/m0/s1. The minimum absolute atomic E-state index is 0.0438. The number of benzene rings is 1. The van der Waals surface area contributed by atoms with Crippen LogP contribution in [-0.2, 0) is 20.7 Å². The van der Waals surface area contributed by atoms with E-state index in [1.165, 1.54) is 7.11 Å². The Labute approximate surface area is 146 Å². The molecule has 1 aliphatic rings. The minimum atomic E-state index is -0.583. The number of aromatic amines is 1. The first-order valence-corrected chi connectivity index (χ1v) is 8.46. The van der Waals surface area contributed by atoms with Crippen LogP contribution in [0.15, 0.2) is 30.5 Å². The summed E-state index contributed by atoms with van der Waals surface area (Å²) in [7, 11) is 1.50. The van der Waals surface area contributed by atoms with Crippen molar-refractivity contribution < 1.29 is 14.3 Å². The Kier molecular flexibility index (Phi) is 5.35. The third-order valence-corrected chi connectivity index (χ3v) is 4.64. The van der Waals surface area contributed by atoms with E-state index in [2.05, 4.69) is 4.98 Å². The summed E-state index contributed by atoms with van der Waals surface area (Å²) in [5, 5.41) is 1.10. The van der Waals surface area contributed by atoms with E-state index in [-0.39, 0.29) is 18.4 Å². The zero-order chi connectivity index (χ0) is 17.8. The Morgan fingerprint density at radius 3 is 2.60 bits per heavy atom. The van der Waals surface area contributed by atoms with Crippen LogP contribution in [0.2, 0.25) is 0 Å². The normalized spacial score (nSPS) is 16.2. The van der Waals surface area contributed by atoms with Gasteiger partial charge in [0, 0.05) is 50.4 Å². The number of amides is 2. The highest BCUT2D eigenvalue weighted by Gasteiger charge is 2.27. The Balaban J connectivity index is 1.57. The molecule has 2 amide bonds. The van der Waals surface area contributed by atoms with Gasteiger partial charge in [-0.2, -0.15) is 0 Å². The van der Waals surface area contributed by atoms with Gasteiger partial charge in [0.15, 0.2) is 0 Å². The third kappa shape index (κ3) is 3.83. The molecule has 3 rings (SSSR count). The number of carbonyl (C=O) groups excluding carboxylic acids is 2. The quantitative estimate of drug-likeness (QED) is 0.819. The molecule has 25 heavy (non-hydrogen) atoms. The predicted molar refractivity (Wildman–Crippen MR) is 95.0 cm³/mol. The molecule has 7 heteroatoms. The van der Waals surface area contributed by atoms with Crippen LogP contribution in [0.5, 0.6) is 0 Å². The second-order valence-corrected chi connectivity index (χ2v) is 6.31. The summed E-state index contributed by atoms with van der Waals surface area (Å²) in [6.45, 7) is 2.14. The molecule has 1 fully saturated rings. The van der Waals surface area contributed by atoms with Crippen LogP contribution in [-0.4, -0.2) is 72.5 Å². The molecule has 0 spiro atoms. The van der Waals surface area contributed by atoms with Crippen LogP contribution in [0.1, 0.15) is 5.56 Å². The number of ether oxygens (including phenoxy) is 1. The number of fused-ring (bicyclic) bond motifs is 1. The third-order valence-electron chi connectivity index (χ3n) is 4.64. The molecule has 3 N–H and O–H groups in total. The molecule has 1 aliphatic heterocycles. The second-order valence-electron chi connectivity index (χ2n) is 6.31. The van der Waals surface area contributed by atoms with Gasteiger partial charge >= 0.3 is 0 Å².